The summed E-state index contributed by atoms with van der Waals surface area (Å²) in [5, 5.41) is 0. The summed E-state index contributed by atoms with van der Waals surface area (Å²) in [5.41, 5.74) is -0.213. The van der Waals surface area contributed by atoms with Gasteiger partial charge >= 0.3 is 11.9 Å². The fourth-order valence-corrected chi connectivity index (χ4v) is 2.69. The van der Waals surface area contributed by atoms with E-state index >= 15 is 0 Å². The fourth-order valence-electron chi connectivity index (χ4n) is 2.69. The van der Waals surface area contributed by atoms with Crippen molar-refractivity contribution in [3.63, 3.8) is 0 Å². The normalized spacial score (nSPS) is 17.2. The number of ether oxygens (including phenoxy) is 2. The summed E-state index contributed by atoms with van der Waals surface area (Å²) in [6.07, 6.45) is 6.39. The van der Waals surface area contributed by atoms with E-state index in [-0.39, 0.29) is 17.4 Å². The van der Waals surface area contributed by atoms with Crippen LogP contribution < -0.4 is 0 Å². The standard InChI is InChI=1S/C15H26O4/c1-3-9-18-13(16)11-15(7-5-6-8-15)12-14(17)19-10-4-2/h3-12H2,1-2H3. The van der Waals surface area contributed by atoms with E-state index in [4.69, 9.17) is 9.47 Å². The largest absolute Gasteiger partial charge is 0.466 e. The lowest BCUT2D eigenvalue weighted by Crippen LogP contribution is -2.27. The lowest BCUT2D eigenvalue weighted by Gasteiger charge is -2.26. The van der Waals surface area contributed by atoms with Gasteiger partial charge in [-0.1, -0.05) is 26.7 Å². The second-order valence-corrected chi connectivity index (χ2v) is 5.50. The van der Waals surface area contributed by atoms with Crippen LogP contribution >= 0.6 is 0 Å². The van der Waals surface area contributed by atoms with Gasteiger partial charge in [0.1, 0.15) is 0 Å². The summed E-state index contributed by atoms with van der Waals surface area (Å²) >= 11 is 0. The predicted octanol–water partition coefficient (Wildman–Crippen LogP) is 3.23. The third-order valence-electron chi connectivity index (χ3n) is 3.64. The second-order valence-electron chi connectivity index (χ2n) is 5.50. The van der Waals surface area contributed by atoms with E-state index in [0.29, 0.717) is 26.1 Å². The smallest absolute Gasteiger partial charge is 0.306 e. The first kappa shape index (κ1) is 16.0. The Hall–Kier alpha value is -1.06. The fraction of sp³-hybridized carbons (Fsp3) is 0.867. The van der Waals surface area contributed by atoms with E-state index in [0.717, 1.165) is 38.5 Å². The molecule has 0 N–H and O–H groups in total. The highest BCUT2D eigenvalue weighted by Gasteiger charge is 2.38. The first-order valence-electron chi connectivity index (χ1n) is 7.43. The molecule has 1 aliphatic carbocycles. The number of carbonyl (C=O) groups excluding carboxylic acids is 2. The maximum absolute atomic E-state index is 11.8. The zero-order valence-electron chi connectivity index (χ0n) is 12.2. The van der Waals surface area contributed by atoms with Gasteiger partial charge in [-0.2, -0.15) is 0 Å². The minimum Gasteiger partial charge on any atom is -0.466 e. The molecule has 0 saturated heterocycles. The summed E-state index contributed by atoms with van der Waals surface area (Å²) in [4.78, 5) is 23.6. The van der Waals surface area contributed by atoms with Crippen molar-refractivity contribution in [2.24, 2.45) is 5.41 Å². The maximum Gasteiger partial charge on any atom is 0.306 e. The molecule has 110 valence electrons. The van der Waals surface area contributed by atoms with Crippen molar-refractivity contribution in [3.8, 4) is 0 Å². The van der Waals surface area contributed by atoms with Crippen LogP contribution in [0, 0.1) is 5.41 Å². The van der Waals surface area contributed by atoms with Crippen molar-refractivity contribution < 1.29 is 19.1 Å². The zero-order valence-corrected chi connectivity index (χ0v) is 12.2. The van der Waals surface area contributed by atoms with Crippen molar-refractivity contribution >= 4 is 11.9 Å². The molecule has 0 aromatic carbocycles. The molecule has 1 aliphatic rings. The molecule has 1 saturated carbocycles. The van der Waals surface area contributed by atoms with Gasteiger partial charge in [-0.3, -0.25) is 9.59 Å². The van der Waals surface area contributed by atoms with Crippen molar-refractivity contribution in [2.45, 2.75) is 65.2 Å². The van der Waals surface area contributed by atoms with Gasteiger partial charge in [-0.05, 0) is 31.1 Å². The van der Waals surface area contributed by atoms with Crippen molar-refractivity contribution in [1.29, 1.82) is 0 Å². The van der Waals surface area contributed by atoms with E-state index in [9.17, 15) is 9.59 Å². The third kappa shape index (κ3) is 5.62. The SMILES string of the molecule is CCCOC(=O)CC1(CC(=O)OCCC)CCCC1. The Labute approximate surface area is 115 Å². The Morgan fingerprint density at radius 1 is 0.895 bits per heavy atom. The highest BCUT2D eigenvalue weighted by atomic mass is 16.5. The molecule has 0 radical (unpaired) electrons. The molecule has 0 heterocycles. The molecule has 0 aromatic rings. The van der Waals surface area contributed by atoms with Crippen molar-refractivity contribution in [1.82, 2.24) is 0 Å². The van der Waals surface area contributed by atoms with Gasteiger partial charge in [0.2, 0.25) is 0 Å². The first-order valence-corrected chi connectivity index (χ1v) is 7.43. The number of hydrogen-bond acceptors (Lipinski definition) is 4. The molecule has 0 atom stereocenters. The van der Waals surface area contributed by atoms with Crippen LogP contribution in [0.15, 0.2) is 0 Å². The molecule has 1 rings (SSSR count). The topological polar surface area (TPSA) is 52.6 Å². The molecular formula is C15H26O4. The van der Waals surface area contributed by atoms with Gasteiger partial charge in [0.05, 0.1) is 26.1 Å². The average Bonchev–Trinajstić information content (AvgIpc) is 2.82. The predicted molar refractivity (Wildman–Crippen MR) is 72.6 cm³/mol. The summed E-state index contributed by atoms with van der Waals surface area (Å²) in [5.74, 6) is -0.348. The Bertz CT molecular complexity index is 269. The summed E-state index contributed by atoms with van der Waals surface area (Å²) < 4.78 is 10.3. The van der Waals surface area contributed by atoms with E-state index in [2.05, 4.69) is 0 Å². The third-order valence-corrected chi connectivity index (χ3v) is 3.64. The highest BCUT2D eigenvalue weighted by Crippen LogP contribution is 2.44. The first-order chi connectivity index (χ1) is 9.12. The Morgan fingerprint density at radius 3 is 1.68 bits per heavy atom. The van der Waals surface area contributed by atoms with E-state index in [1.54, 1.807) is 0 Å². The van der Waals surface area contributed by atoms with Gasteiger partial charge in [0.15, 0.2) is 0 Å². The van der Waals surface area contributed by atoms with Crippen LogP contribution in [0.3, 0.4) is 0 Å². The van der Waals surface area contributed by atoms with Gasteiger partial charge in [0.25, 0.3) is 0 Å². The van der Waals surface area contributed by atoms with Crippen LogP contribution in [0.25, 0.3) is 0 Å². The zero-order chi connectivity index (χ0) is 14.1. The van der Waals surface area contributed by atoms with Gasteiger partial charge < -0.3 is 9.47 Å². The van der Waals surface area contributed by atoms with E-state index in [1.807, 2.05) is 13.8 Å². The Balaban J connectivity index is 2.49. The summed E-state index contributed by atoms with van der Waals surface area (Å²) in [6.45, 7) is 4.88. The molecule has 0 spiro atoms. The van der Waals surface area contributed by atoms with Crippen LogP contribution in [0.2, 0.25) is 0 Å². The molecule has 0 bridgehead atoms. The van der Waals surface area contributed by atoms with Crippen molar-refractivity contribution in [2.75, 3.05) is 13.2 Å². The number of esters is 2. The average molecular weight is 270 g/mol. The quantitative estimate of drug-likeness (QED) is 0.635. The molecule has 0 amide bonds. The van der Waals surface area contributed by atoms with Crippen LogP contribution in [0.1, 0.15) is 65.2 Å². The molecule has 4 nitrogen and oxygen atoms in total. The number of carbonyl (C=O) groups is 2. The van der Waals surface area contributed by atoms with E-state index in [1.165, 1.54) is 0 Å². The number of rotatable bonds is 8. The highest BCUT2D eigenvalue weighted by molar-refractivity contribution is 5.74. The lowest BCUT2D eigenvalue weighted by atomic mass is 9.79. The van der Waals surface area contributed by atoms with E-state index < -0.39 is 0 Å². The minimum absolute atomic E-state index is 0.174. The molecule has 0 unspecified atom stereocenters. The van der Waals surface area contributed by atoms with Crippen LogP contribution in [0.4, 0.5) is 0 Å². The molecular weight excluding hydrogens is 244 g/mol. The molecule has 0 aliphatic heterocycles. The lowest BCUT2D eigenvalue weighted by molar-refractivity contribution is -0.150. The summed E-state index contributed by atoms with van der Waals surface area (Å²) in [6, 6.07) is 0. The Morgan fingerprint density at radius 2 is 1.32 bits per heavy atom. The molecule has 1 fully saturated rings. The number of hydrogen-bond donors (Lipinski definition) is 0. The molecule has 19 heavy (non-hydrogen) atoms. The summed E-state index contributed by atoms with van der Waals surface area (Å²) in [7, 11) is 0. The van der Waals surface area contributed by atoms with Crippen LogP contribution in [-0.4, -0.2) is 25.2 Å². The van der Waals surface area contributed by atoms with Gasteiger partial charge in [0, 0.05) is 0 Å². The minimum atomic E-state index is -0.213. The maximum atomic E-state index is 11.8. The van der Waals surface area contributed by atoms with Gasteiger partial charge in [-0.15, -0.1) is 0 Å². The van der Waals surface area contributed by atoms with Gasteiger partial charge in [-0.25, -0.2) is 0 Å². The van der Waals surface area contributed by atoms with Crippen LogP contribution in [-0.2, 0) is 19.1 Å². The monoisotopic (exact) mass is 270 g/mol. The van der Waals surface area contributed by atoms with Crippen LogP contribution in [0.5, 0.6) is 0 Å². The molecule has 4 heteroatoms. The second kappa shape index (κ2) is 8.18. The van der Waals surface area contributed by atoms with Crippen molar-refractivity contribution in [3.05, 3.63) is 0 Å². The Kier molecular flexibility index (Phi) is 6.89. The molecule has 0 aromatic heterocycles.